The number of carbonyl (C=O) groups is 1. The van der Waals surface area contributed by atoms with Gasteiger partial charge in [0.1, 0.15) is 0 Å². The van der Waals surface area contributed by atoms with Gasteiger partial charge in [-0.05, 0) is 25.0 Å². The molecule has 1 aliphatic rings. The summed E-state index contributed by atoms with van der Waals surface area (Å²) in [6.07, 6.45) is 1.05. The lowest BCUT2D eigenvalue weighted by Gasteiger charge is -2.20. The number of nitrogens with zero attached hydrogens (tertiary/aromatic N) is 1. The van der Waals surface area contributed by atoms with Gasteiger partial charge in [0.15, 0.2) is 9.84 Å². The Balaban J connectivity index is 2.35. The highest BCUT2D eigenvalue weighted by Gasteiger charge is 2.39. The summed E-state index contributed by atoms with van der Waals surface area (Å²) < 4.78 is 24.7. The maximum atomic E-state index is 12.4. The zero-order valence-corrected chi connectivity index (χ0v) is 11.2. The van der Waals surface area contributed by atoms with E-state index in [-0.39, 0.29) is 23.4 Å². The molecule has 0 spiro atoms. The molecule has 2 rings (SSSR count). The predicted molar refractivity (Wildman–Crippen MR) is 66.4 cm³/mol. The minimum absolute atomic E-state index is 0.0961. The topological polar surface area (TPSA) is 117 Å². The fraction of sp³-hybridized carbons (Fsp3) is 0.417. The van der Waals surface area contributed by atoms with Crippen LogP contribution in [0, 0.1) is 16.0 Å². The summed E-state index contributed by atoms with van der Waals surface area (Å²) >= 11 is 0. The molecule has 0 N–H and O–H groups in total. The summed E-state index contributed by atoms with van der Waals surface area (Å²) in [5, 5.41) is 20.5. The van der Waals surface area contributed by atoms with E-state index in [1.165, 1.54) is 0 Å². The summed E-state index contributed by atoms with van der Waals surface area (Å²) in [5.41, 5.74) is -0.216. The Bertz CT molecular complexity index is 636. The standard InChI is InChI=1S/C12H13NO6S/c14-12(15)10-2-1-3-11(10)20(18,19)9-6-4-8(5-7-9)13(16)17/h4-7,10-11H,1-3H2,(H,14,15)/p-1/t10-,11+/m1/s1. The van der Waals surface area contributed by atoms with Gasteiger partial charge in [0.2, 0.25) is 0 Å². The second-order valence-corrected chi connectivity index (χ2v) is 6.86. The molecule has 0 saturated heterocycles. The van der Waals surface area contributed by atoms with Crippen molar-refractivity contribution in [1.82, 2.24) is 0 Å². The molecule has 1 fully saturated rings. The van der Waals surface area contributed by atoms with E-state index in [1.807, 2.05) is 0 Å². The number of rotatable bonds is 4. The molecule has 0 aliphatic heterocycles. The minimum atomic E-state index is -3.82. The Morgan fingerprint density at radius 1 is 1.20 bits per heavy atom. The van der Waals surface area contributed by atoms with E-state index in [1.54, 1.807) is 0 Å². The first-order chi connectivity index (χ1) is 9.34. The van der Waals surface area contributed by atoms with Gasteiger partial charge in [0.25, 0.3) is 5.69 Å². The maximum Gasteiger partial charge on any atom is 0.269 e. The molecule has 7 nitrogen and oxygen atoms in total. The number of carboxylic acid groups (broad SMARTS) is 1. The number of benzene rings is 1. The summed E-state index contributed by atoms with van der Waals surface area (Å²) in [6, 6.07) is 4.46. The van der Waals surface area contributed by atoms with Gasteiger partial charge >= 0.3 is 0 Å². The Hall–Kier alpha value is -1.96. The van der Waals surface area contributed by atoms with Gasteiger partial charge in [-0.15, -0.1) is 0 Å². The number of hydrogen-bond acceptors (Lipinski definition) is 6. The quantitative estimate of drug-likeness (QED) is 0.582. The highest BCUT2D eigenvalue weighted by molar-refractivity contribution is 7.92. The smallest absolute Gasteiger partial charge is 0.269 e. The highest BCUT2D eigenvalue weighted by Crippen LogP contribution is 2.34. The van der Waals surface area contributed by atoms with E-state index in [4.69, 9.17) is 0 Å². The van der Waals surface area contributed by atoms with E-state index in [9.17, 15) is 28.4 Å². The van der Waals surface area contributed by atoms with Crippen molar-refractivity contribution in [3.63, 3.8) is 0 Å². The highest BCUT2D eigenvalue weighted by atomic mass is 32.2. The monoisotopic (exact) mass is 298 g/mol. The molecule has 8 heteroatoms. The van der Waals surface area contributed by atoms with Gasteiger partial charge in [-0.2, -0.15) is 0 Å². The van der Waals surface area contributed by atoms with Gasteiger partial charge in [0, 0.05) is 24.0 Å². The third-order valence-corrected chi connectivity index (χ3v) is 5.82. The van der Waals surface area contributed by atoms with Crippen LogP contribution in [-0.2, 0) is 14.6 Å². The van der Waals surface area contributed by atoms with E-state index in [0.717, 1.165) is 24.3 Å². The molecular formula is C12H12NO6S-. The number of sulfone groups is 1. The third kappa shape index (κ3) is 2.51. The zero-order chi connectivity index (χ0) is 14.9. The van der Waals surface area contributed by atoms with Crippen LogP contribution in [0.2, 0.25) is 0 Å². The summed E-state index contributed by atoms with van der Waals surface area (Å²) in [5.74, 6) is -2.38. The lowest BCUT2D eigenvalue weighted by atomic mass is 10.1. The molecule has 0 heterocycles. The largest absolute Gasteiger partial charge is 0.550 e. The van der Waals surface area contributed by atoms with E-state index in [2.05, 4.69) is 0 Å². The van der Waals surface area contributed by atoms with E-state index in [0.29, 0.717) is 6.42 Å². The van der Waals surface area contributed by atoms with Crippen LogP contribution in [0.5, 0.6) is 0 Å². The molecule has 0 aromatic heterocycles. The molecule has 0 radical (unpaired) electrons. The molecule has 1 aromatic rings. The lowest BCUT2D eigenvalue weighted by molar-refractivity contribution is -0.384. The molecule has 20 heavy (non-hydrogen) atoms. The van der Waals surface area contributed by atoms with E-state index < -0.39 is 31.9 Å². The number of aliphatic carboxylic acids is 1. The van der Waals surface area contributed by atoms with E-state index >= 15 is 0 Å². The zero-order valence-electron chi connectivity index (χ0n) is 10.4. The van der Waals surface area contributed by atoms with Crippen molar-refractivity contribution < 1.29 is 23.2 Å². The second kappa shape index (κ2) is 5.20. The Labute approximate surface area is 115 Å². The predicted octanol–water partition coefficient (Wildman–Crippen LogP) is 0.287. The van der Waals surface area contributed by atoms with Crippen LogP contribution >= 0.6 is 0 Å². The van der Waals surface area contributed by atoms with Crippen LogP contribution in [-0.4, -0.2) is 24.6 Å². The molecule has 1 saturated carbocycles. The fourth-order valence-electron chi connectivity index (χ4n) is 2.50. The molecule has 0 amide bonds. The summed E-state index contributed by atoms with van der Waals surface area (Å²) in [7, 11) is -3.82. The van der Waals surface area contributed by atoms with Crippen LogP contribution in [0.3, 0.4) is 0 Å². The van der Waals surface area contributed by atoms with Gasteiger partial charge < -0.3 is 9.90 Å². The third-order valence-electron chi connectivity index (χ3n) is 3.53. The molecule has 0 bridgehead atoms. The Morgan fingerprint density at radius 3 is 2.30 bits per heavy atom. The average molecular weight is 298 g/mol. The van der Waals surface area contributed by atoms with Crippen molar-refractivity contribution in [2.75, 3.05) is 0 Å². The van der Waals surface area contributed by atoms with Crippen LogP contribution in [0.15, 0.2) is 29.2 Å². The Morgan fingerprint density at radius 2 is 1.80 bits per heavy atom. The van der Waals surface area contributed by atoms with Gasteiger partial charge in [-0.3, -0.25) is 10.1 Å². The number of non-ortho nitro benzene ring substituents is 1. The number of nitro groups is 1. The molecule has 1 aromatic carbocycles. The van der Waals surface area contributed by atoms with Crippen molar-refractivity contribution in [3.05, 3.63) is 34.4 Å². The normalized spacial score (nSPS) is 22.6. The van der Waals surface area contributed by atoms with Gasteiger partial charge in [0.05, 0.1) is 15.1 Å². The van der Waals surface area contributed by atoms with Crippen molar-refractivity contribution in [1.29, 1.82) is 0 Å². The van der Waals surface area contributed by atoms with Crippen LogP contribution < -0.4 is 5.11 Å². The molecule has 108 valence electrons. The number of carboxylic acids is 1. The van der Waals surface area contributed by atoms with Crippen molar-refractivity contribution >= 4 is 21.5 Å². The minimum Gasteiger partial charge on any atom is -0.550 e. The van der Waals surface area contributed by atoms with Crippen molar-refractivity contribution in [2.45, 2.75) is 29.4 Å². The van der Waals surface area contributed by atoms with Crippen LogP contribution in [0.4, 0.5) is 5.69 Å². The first-order valence-electron chi connectivity index (χ1n) is 6.03. The van der Waals surface area contributed by atoms with Gasteiger partial charge in [-0.1, -0.05) is 6.42 Å². The fourth-order valence-corrected chi connectivity index (χ4v) is 4.52. The number of nitro benzene ring substituents is 1. The number of hydrogen-bond donors (Lipinski definition) is 0. The summed E-state index contributed by atoms with van der Waals surface area (Å²) in [4.78, 5) is 20.8. The van der Waals surface area contributed by atoms with Crippen LogP contribution in [0.1, 0.15) is 19.3 Å². The van der Waals surface area contributed by atoms with Crippen molar-refractivity contribution in [3.8, 4) is 0 Å². The lowest BCUT2D eigenvalue weighted by Crippen LogP contribution is -2.39. The Kier molecular flexibility index (Phi) is 3.76. The molecule has 2 atom stereocenters. The maximum absolute atomic E-state index is 12.4. The van der Waals surface area contributed by atoms with Crippen molar-refractivity contribution in [2.24, 2.45) is 5.92 Å². The SMILES string of the molecule is O=C([O-])[C@@H]1CCC[C@@H]1S(=O)(=O)c1ccc([N+](=O)[O-])cc1. The molecule has 1 aliphatic carbocycles. The molecular weight excluding hydrogens is 286 g/mol. The first-order valence-corrected chi connectivity index (χ1v) is 7.58. The number of carbonyl (C=O) groups excluding carboxylic acids is 1. The summed E-state index contributed by atoms with van der Waals surface area (Å²) in [6.45, 7) is 0. The van der Waals surface area contributed by atoms with Gasteiger partial charge in [-0.25, -0.2) is 8.42 Å². The molecule has 0 unspecified atom stereocenters. The first kappa shape index (κ1) is 14.4. The van der Waals surface area contributed by atoms with Crippen LogP contribution in [0.25, 0.3) is 0 Å². The second-order valence-electron chi connectivity index (χ2n) is 4.69. The average Bonchev–Trinajstić information content (AvgIpc) is 2.89.